The molecular formula is C23H23F4N5O3S. The molecule has 0 bridgehead atoms. The number of amides is 1. The fraction of sp³-hybridized carbons (Fsp3) is 0.391. The third-order valence-electron chi connectivity index (χ3n) is 6.18. The number of benzene rings is 1. The van der Waals surface area contributed by atoms with Crippen LogP contribution in [0.15, 0.2) is 30.5 Å². The van der Waals surface area contributed by atoms with Crippen LogP contribution in [0.3, 0.4) is 0 Å². The fourth-order valence-corrected chi connectivity index (χ4v) is 5.44. The number of carboxylic acids is 1. The number of nitrogens with two attached hydrogens (primary N) is 1. The van der Waals surface area contributed by atoms with Crippen LogP contribution >= 0.6 is 11.3 Å². The molecular weight excluding hydrogens is 502 g/mol. The topological polar surface area (TPSA) is 114 Å². The summed E-state index contributed by atoms with van der Waals surface area (Å²) in [6, 6.07) is 6.75. The maximum atomic E-state index is 13.6. The van der Waals surface area contributed by atoms with E-state index in [0.717, 1.165) is 29.8 Å². The van der Waals surface area contributed by atoms with E-state index in [1.54, 1.807) is 6.07 Å². The van der Waals surface area contributed by atoms with E-state index in [4.69, 9.17) is 10.8 Å². The number of fused-ring (bicyclic) bond motifs is 1. The minimum absolute atomic E-state index is 0.0611. The number of aromatic carboxylic acids is 1. The summed E-state index contributed by atoms with van der Waals surface area (Å²) in [5, 5.41) is 12.4. The zero-order chi connectivity index (χ0) is 26.4. The summed E-state index contributed by atoms with van der Waals surface area (Å²) >= 11 is 1.43. The molecule has 1 amide bonds. The number of carboxylic acid groups (broad SMARTS) is 1. The molecule has 0 unspecified atom stereocenters. The van der Waals surface area contributed by atoms with Crippen molar-refractivity contribution in [2.45, 2.75) is 38.0 Å². The van der Waals surface area contributed by atoms with Gasteiger partial charge in [-0.15, -0.1) is 11.3 Å². The largest absolute Gasteiger partial charge is 0.478 e. The molecule has 1 aliphatic heterocycles. The minimum Gasteiger partial charge on any atom is -0.478 e. The number of nitrogens with zero attached hydrogens (tertiary/aromatic N) is 4. The van der Waals surface area contributed by atoms with E-state index in [2.05, 4.69) is 10.1 Å². The first-order valence-electron chi connectivity index (χ1n) is 11.0. The Morgan fingerprint density at radius 2 is 2.00 bits per heavy atom. The molecule has 2 fully saturated rings. The highest BCUT2D eigenvalue weighted by Crippen LogP contribution is 2.48. The van der Waals surface area contributed by atoms with Gasteiger partial charge in [0, 0.05) is 25.7 Å². The van der Waals surface area contributed by atoms with Crippen molar-refractivity contribution in [3.63, 3.8) is 0 Å². The number of hydrogen-bond donors (Lipinski definition) is 2. The van der Waals surface area contributed by atoms with Crippen LogP contribution in [0.4, 0.5) is 17.6 Å². The molecule has 3 heterocycles. The van der Waals surface area contributed by atoms with Crippen molar-refractivity contribution < 1.29 is 32.3 Å². The Bertz CT molecular complexity index is 1310. The van der Waals surface area contributed by atoms with Crippen LogP contribution in [-0.2, 0) is 13.2 Å². The molecule has 1 saturated heterocycles. The van der Waals surface area contributed by atoms with Gasteiger partial charge in [0.15, 0.2) is 5.69 Å². The number of rotatable bonds is 4. The van der Waals surface area contributed by atoms with Crippen LogP contribution in [0.25, 0.3) is 10.4 Å². The molecule has 5 rings (SSSR count). The van der Waals surface area contributed by atoms with E-state index in [0.29, 0.717) is 40.6 Å². The van der Waals surface area contributed by atoms with Crippen LogP contribution in [0, 0.1) is 18.7 Å². The SMILES string of the molecule is Cc1nc(C(=O)N2[C@H](CN)C[C@@H]3C[C@@H]32)c(-c2cccc(F)c2)s1.Cn1ncc(C(=O)O)c1C(F)(F)F. The fourth-order valence-electron chi connectivity index (χ4n) is 4.54. The molecule has 36 heavy (non-hydrogen) atoms. The van der Waals surface area contributed by atoms with Crippen molar-refractivity contribution in [1.29, 1.82) is 0 Å². The number of likely N-dealkylation sites (tertiary alicyclic amines) is 1. The Morgan fingerprint density at radius 1 is 1.28 bits per heavy atom. The molecule has 1 saturated carbocycles. The molecule has 3 N–H and O–H groups in total. The zero-order valence-corrected chi connectivity index (χ0v) is 20.1. The van der Waals surface area contributed by atoms with Crippen LogP contribution in [0.1, 0.15) is 44.4 Å². The van der Waals surface area contributed by atoms with E-state index < -0.39 is 23.4 Å². The van der Waals surface area contributed by atoms with Gasteiger partial charge in [-0.25, -0.2) is 14.2 Å². The molecule has 1 aromatic carbocycles. The maximum absolute atomic E-state index is 13.6. The van der Waals surface area contributed by atoms with Crippen LogP contribution in [0.2, 0.25) is 0 Å². The molecule has 3 atom stereocenters. The lowest BCUT2D eigenvalue weighted by Gasteiger charge is -2.26. The van der Waals surface area contributed by atoms with E-state index in [-0.39, 0.29) is 17.8 Å². The van der Waals surface area contributed by atoms with Crippen molar-refractivity contribution in [2.24, 2.45) is 18.7 Å². The van der Waals surface area contributed by atoms with Crippen molar-refractivity contribution in [2.75, 3.05) is 6.54 Å². The molecule has 13 heteroatoms. The summed E-state index contributed by atoms with van der Waals surface area (Å²) in [5.41, 5.74) is 4.89. The molecule has 2 aromatic heterocycles. The second-order valence-corrected chi connectivity index (χ2v) is 9.86. The first kappa shape index (κ1) is 25.8. The Labute approximate surface area is 207 Å². The lowest BCUT2D eigenvalue weighted by atomic mass is 10.1. The minimum atomic E-state index is -4.70. The van der Waals surface area contributed by atoms with Gasteiger partial charge in [0.1, 0.15) is 17.1 Å². The highest BCUT2D eigenvalue weighted by atomic mass is 32.1. The maximum Gasteiger partial charge on any atom is 0.433 e. The number of carbonyl (C=O) groups excluding carboxylic acids is 1. The van der Waals surface area contributed by atoms with E-state index in [1.807, 2.05) is 17.9 Å². The average Bonchev–Trinajstić information content (AvgIpc) is 3.12. The quantitative estimate of drug-likeness (QED) is 0.499. The monoisotopic (exact) mass is 525 g/mol. The number of halogens is 4. The average molecular weight is 526 g/mol. The molecule has 1 aliphatic carbocycles. The third-order valence-corrected chi connectivity index (χ3v) is 7.20. The summed E-state index contributed by atoms with van der Waals surface area (Å²) in [6.07, 6.45) is -1.96. The number of hydrogen-bond acceptors (Lipinski definition) is 6. The van der Waals surface area contributed by atoms with Gasteiger partial charge in [0.05, 0.1) is 16.1 Å². The number of carbonyl (C=O) groups is 2. The first-order valence-corrected chi connectivity index (χ1v) is 11.8. The smallest absolute Gasteiger partial charge is 0.433 e. The highest BCUT2D eigenvalue weighted by molar-refractivity contribution is 7.15. The normalized spacial score (nSPS) is 20.5. The van der Waals surface area contributed by atoms with Crippen LogP contribution in [0.5, 0.6) is 0 Å². The highest BCUT2D eigenvalue weighted by Gasteiger charge is 2.54. The van der Waals surface area contributed by atoms with Crippen molar-refractivity contribution in [1.82, 2.24) is 19.7 Å². The lowest BCUT2D eigenvalue weighted by Crippen LogP contribution is -2.42. The van der Waals surface area contributed by atoms with Crippen molar-refractivity contribution >= 4 is 23.2 Å². The number of aromatic nitrogens is 3. The Kier molecular flexibility index (Phi) is 6.88. The number of piperidine rings is 1. The first-order chi connectivity index (χ1) is 16.9. The zero-order valence-electron chi connectivity index (χ0n) is 19.3. The van der Waals surface area contributed by atoms with E-state index >= 15 is 0 Å². The second-order valence-electron chi connectivity index (χ2n) is 8.66. The molecule has 3 aromatic rings. The van der Waals surface area contributed by atoms with Gasteiger partial charge >= 0.3 is 12.1 Å². The summed E-state index contributed by atoms with van der Waals surface area (Å²) < 4.78 is 50.6. The number of aryl methyl sites for hydroxylation is 2. The van der Waals surface area contributed by atoms with Gasteiger partial charge in [0.2, 0.25) is 0 Å². The van der Waals surface area contributed by atoms with Crippen LogP contribution in [-0.4, -0.2) is 55.3 Å². The number of alkyl halides is 3. The molecule has 0 radical (unpaired) electrons. The summed E-state index contributed by atoms with van der Waals surface area (Å²) in [7, 11) is 1.04. The standard InChI is InChI=1S/C17H18FN3OS.C6H5F3N2O2/c1-9-20-15(16(23-9)10-3-2-4-12(18)5-10)17(22)21-13(8-19)6-11-7-14(11)21;1-11-4(6(7,8)9)3(2-10-11)5(12)13/h2-5,11,13-14H,6-8,19H2,1H3;2H,1H3,(H,12,13)/t11-,13+,14+;/m1./s1. The predicted molar refractivity (Wildman–Crippen MR) is 123 cm³/mol. The summed E-state index contributed by atoms with van der Waals surface area (Å²) in [4.78, 5) is 30.5. The summed E-state index contributed by atoms with van der Waals surface area (Å²) in [6.45, 7) is 2.35. The van der Waals surface area contributed by atoms with Gasteiger partial charge in [0.25, 0.3) is 5.91 Å². The van der Waals surface area contributed by atoms with Gasteiger partial charge in [-0.3, -0.25) is 9.48 Å². The molecule has 0 spiro atoms. The van der Waals surface area contributed by atoms with Crippen molar-refractivity contribution in [3.8, 4) is 10.4 Å². The lowest BCUT2D eigenvalue weighted by molar-refractivity contribution is -0.144. The van der Waals surface area contributed by atoms with Gasteiger partial charge < -0.3 is 15.7 Å². The Morgan fingerprint density at radius 3 is 2.58 bits per heavy atom. The van der Waals surface area contributed by atoms with E-state index in [9.17, 15) is 27.2 Å². The molecule has 2 aliphatic rings. The summed E-state index contributed by atoms with van der Waals surface area (Å²) in [5.74, 6) is -1.41. The van der Waals surface area contributed by atoms with Gasteiger partial charge in [-0.1, -0.05) is 12.1 Å². The number of thiazole rings is 1. The van der Waals surface area contributed by atoms with E-state index in [1.165, 1.54) is 23.5 Å². The Hall–Kier alpha value is -3.32. The predicted octanol–water partition coefficient (Wildman–Crippen LogP) is 3.96. The Balaban J connectivity index is 0.000000200. The molecule has 8 nitrogen and oxygen atoms in total. The second kappa shape index (κ2) is 9.62. The van der Waals surface area contributed by atoms with Crippen LogP contribution < -0.4 is 5.73 Å². The van der Waals surface area contributed by atoms with Gasteiger partial charge in [-0.05, 0) is 43.4 Å². The molecule has 192 valence electrons. The third kappa shape index (κ3) is 4.98. The van der Waals surface area contributed by atoms with Crippen molar-refractivity contribution in [3.05, 3.63) is 58.2 Å². The van der Waals surface area contributed by atoms with Gasteiger partial charge in [-0.2, -0.15) is 18.3 Å².